The Bertz CT molecular complexity index is 579. The molecule has 1 N–H and O–H groups in total. The summed E-state index contributed by atoms with van der Waals surface area (Å²) in [5.41, 5.74) is 3.27. The summed E-state index contributed by atoms with van der Waals surface area (Å²) in [6, 6.07) is 11.6. The highest BCUT2D eigenvalue weighted by atomic mass is 35.5. The van der Waals surface area contributed by atoms with Crippen molar-refractivity contribution < 1.29 is 4.74 Å². The van der Waals surface area contributed by atoms with Gasteiger partial charge in [-0.25, -0.2) is 0 Å². The maximum absolute atomic E-state index is 5.99. The van der Waals surface area contributed by atoms with Gasteiger partial charge in [-0.15, -0.1) is 0 Å². The van der Waals surface area contributed by atoms with Crippen LogP contribution in [0.2, 0.25) is 10.0 Å². The Labute approximate surface area is 129 Å². The fraction of sp³-hybridized carbons (Fsp3) is 0.250. The molecule has 20 heavy (non-hydrogen) atoms. The van der Waals surface area contributed by atoms with Gasteiger partial charge in [0.05, 0.1) is 6.61 Å². The summed E-state index contributed by atoms with van der Waals surface area (Å²) in [5.74, 6) is 0.890. The lowest BCUT2D eigenvalue weighted by molar-refractivity contribution is 0.340. The van der Waals surface area contributed by atoms with Gasteiger partial charge in [0.25, 0.3) is 0 Å². The van der Waals surface area contributed by atoms with Gasteiger partial charge < -0.3 is 10.1 Å². The monoisotopic (exact) mass is 309 g/mol. The van der Waals surface area contributed by atoms with Crippen molar-refractivity contribution in [2.45, 2.75) is 20.4 Å². The molecule has 0 saturated heterocycles. The van der Waals surface area contributed by atoms with Crippen molar-refractivity contribution in [2.24, 2.45) is 0 Å². The van der Waals surface area contributed by atoms with E-state index < -0.39 is 0 Å². The van der Waals surface area contributed by atoms with Crippen LogP contribution in [0.1, 0.15) is 18.1 Å². The molecule has 0 aliphatic carbocycles. The summed E-state index contributed by atoms with van der Waals surface area (Å²) in [6.07, 6.45) is 0. The molecule has 0 spiro atoms. The lowest BCUT2D eigenvalue weighted by Gasteiger charge is -2.12. The van der Waals surface area contributed by atoms with E-state index in [4.69, 9.17) is 27.9 Å². The van der Waals surface area contributed by atoms with E-state index >= 15 is 0 Å². The Morgan fingerprint density at radius 2 is 1.75 bits per heavy atom. The molecule has 0 amide bonds. The van der Waals surface area contributed by atoms with Gasteiger partial charge in [-0.05, 0) is 61.4 Å². The predicted octanol–water partition coefficient (Wildman–Crippen LogP) is 5.31. The van der Waals surface area contributed by atoms with E-state index in [0.29, 0.717) is 23.2 Å². The zero-order chi connectivity index (χ0) is 14.5. The number of nitrogens with one attached hydrogen (secondary N) is 1. The van der Waals surface area contributed by atoms with E-state index in [2.05, 4.69) is 12.2 Å². The Balaban J connectivity index is 2.06. The van der Waals surface area contributed by atoms with Crippen LogP contribution < -0.4 is 10.1 Å². The van der Waals surface area contributed by atoms with Gasteiger partial charge in [0, 0.05) is 22.3 Å². The number of anilines is 1. The van der Waals surface area contributed by atoms with Crippen molar-refractivity contribution in [2.75, 3.05) is 11.9 Å². The Hall–Kier alpha value is -1.38. The minimum atomic E-state index is 0.651. The summed E-state index contributed by atoms with van der Waals surface area (Å²) in [5, 5.41) is 4.68. The average Bonchev–Trinajstić information content (AvgIpc) is 2.37. The van der Waals surface area contributed by atoms with E-state index in [1.165, 1.54) is 0 Å². The third-order valence-electron chi connectivity index (χ3n) is 2.91. The number of hydrogen-bond acceptors (Lipinski definition) is 2. The van der Waals surface area contributed by atoms with Crippen LogP contribution in [0, 0.1) is 6.92 Å². The minimum absolute atomic E-state index is 0.651. The molecule has 2 aromatic carbocycles. The zero-order valence-electron chi connectivity index (χ0n) is 11.5. The highest BCUT2D eigenvalue weighted by molar-refractivity contribution is 6.34. The normalized spacial score (nSPS) is 10.4. The highest BCUT2D eigenvalue weighted by Crippen LogP contribution is 2.23. The van der Waals surface area contributed by atoms with Gasteiger partial charge in [0.2, 0.25) is 0 Å². The van der Waals surface area contributed by atoms with Crippen LogP contribution in [0.15, 0.2) is 36.4 Å². The van der Waals surface area contributed by atoms with Crippen LogP contribution in [0.5, 0.6) is 5.75 Å². The molecule has 0 aliphatic heterocycles. The third-order valence-corrected chi connectivity index (χ3v) is 3.35. The lowest BCUT2D eigenvalue weighted by Crippen LogP contribution is -2.01. The van der Waals surface area contributed by atoms with Crippen molar-refractivity contribution in [3.05, 3.63) is 57.6 Å². The first-order valence-electron chi connectivity index (χ1n) is 6.51. The van der Waals surface area contributed by atoms with Crippen molar-refractivity contribution in [1.82, 2.24) is 0 Å². The predicted molar refractivity (Wildman–Crippen MR) is 86.1 cm³/mol. The molecule has 0 aromatic heterocycles. The fourth-order valence-corrected chi connectivity index (χ4v) is 2.57. The molecule has 2 nitrogen and oxygen atoms in total. The second-order valence-electron chi connectivity index (χ2n) is 4.54. The molecule has 0 saturated carbocycles. The maximum atomic E-state index is 5.99. The number of halogens is 2. The van der Waals surface area contributed by atoms with E-state index in [1.807, 2.05) is 37.3 Å². The molecule has 4 heteroatoms. The SMILES string of the molecule is CCOc1ccc(NCc2cc(Cl)cc(Cl)c2)c(C)c1. The first-order valence-corrected chi connectivity index (χ1v) is 7.26. The van der Waals surface area contributed by atoms with Gasteiger partial charge in [-0.2, -0.15) is 0 Å². The summed E-state index contributed by atoms with van der Waals surface area (Å²) in [6.45, 7) is 5.38. The van der Waals surface area contributed by atoms with E-state index in [9.17, 15) is 0 Å². The topological polar surface area (TPSA) is 21.3 Å². The van der Waals surface area contributed by atoms with Crippen LogP contribution in [0.4, 0.5) is 5.69 Å². The summed E-state index contributed by atoms with van der Waals surface area (Å²) in [4.78, 5) is 0. The fourth-order valence-electron chi connectivity index (χ4n) is 2.00. The molecule has 0 aliphatic rings. The molecule has 0 atom stereocenters. The quantitative estimate of drug-likeness (QED) is 0.807. The molecule has 0 radical (unpaired) electrons. The number of hydrogen-bond donors (Lipinski definition) is 1. The van der Waals surface area contributed by atoms with Crippen LogP contribution in [0.3, 0.4) is 0 Å². The Morgan fingerprint density at radius 1 is 1.05 bits per heavy atom. The van der Waals surface area contributed by atoms with Crippen molar-refractivity contribution in [1.29, 1.82) is 0 Å². The van der Waals surface area contributed by atoms with Crippen LogP contribution in [-0.4, -0.2) is 6.61 Å². The minimum Gasteiger partial charge on any atom is -0.494 e. The number of aryl methyl sites for hydroxylation is 1. The largest absolute Gasteiger partial charge is 0.494 e. The summed E-state index contributed by atoms with van der Waals surface area (Å²) < 4.78 is 5.47. The van der Waals surface area contributed by atoms with Gasteiger partial charge in [0.1, 0.15) is 5.75 Å². The maximum Gasteiger partial charge on any atom is 0.119 e. The van der Waals surface area contributed by atoms with Gasteiger partial charge in [-0.3, -0.25) is 0 Å². The molecule has 2 aromatic rings. The third kappa shape index (κ3) is 4.06. The number of benzene rings is 2. The molecular formula is C16H17Cl2NO. The summed E-state index contributed by atoms with van der Waals surface area (Å²) in [7, 11) is 0. The van der Waals surface area contributed by atoms with E-state index in [1.54, 1.807) is 6.07 Å². The van der Waals surface area contributed by atoms with Gasteiger partial charge >= 0.3 is 0 Å². The molecular weight excluding hydrogens is 293 g/mol. The molecule has 2 rings (SSSR count). The van der Waals surface area contributed by atoms with Crippen molar-refractivity contribution in [3.8, 4) is 5.75 Å². The van der Waals surface area contributed by atoms with Gasteiger partial charge in [0.15, 0.2) is 0 Å². The first kappa shape index (κ1) is 15.0. The lowest BCUT2D eigenvalue weighted by atomic mass is 10.1. The van der Waals surface area contributed by atoms with Gasteiger partial charge in [-0.1, -0.05) is 23.2 Å². The summed E-state index contributed by atoms with van der Waals surface area (Å²) >= 11 is 12.0. The molecule has 0 bridgehead atoms. The van der Waals surface area contributed by atoms with Crippen molar-refractivity contribution >= 4 is 28.9 Å². The van der Waals surface area contributed by atoms with Crippen molar-refractivity contribution in [3.63, 3.8) is 0 Å². The molecule has 106 valence electrons. The first-order chi connectivity index (χ1) is 9.58. The number of rotatable bonds is 5. The molecule has 0 unspecified atom stereocenters. The second-order valence-corrected chi connectivity index (χ2v) is 5.41. The Kier molecular flexibility index (Phi) is 5.16. The zero-order valence-corrected chi connectivity index (χ0v) is 13.1. The average molecular weight is 310 g/mol. The highest BCUT2D eigenvalue weighted by Gasteiger charge is 2.02. The van der Waals surface area contributed by atoms with Crippen LogP contribution >= 0.6 is 23.2 Å². The van der Waals surface area contributed by atoms with Crippen LogP contribution in [-0.2, 0) is 6.54 Å². The smallest absolute Gasteiger partial charge is 0.119 e. The second kappa shape index (κ2) is 6.87. The molecule has 0 heterocycles. The molecule has 0 fully saturated rings. The van der Waals surface area contributed by atoms with E-state index in [0.717, 1.165) is 22.6 Å². The van der Waals surface area contributed by atoms with E-state index in [-0.39, 0.29) is 0 Å². The number of ether oxygens (including phenoxy) is 1. The Morgan fingerprint density at radius 3 is 2.35 bits per heavy atom. The standard InChI is InChI=1S/C16H17Cl2NO/c1-3-20-15-4-5-16(11(2)6-15)19-10-12-7-13(17)9-14(18)8-12/h4-9,19H,3,10H2,1-2H3. The van der Waals surface area contributed by atoms with Crippen LogP contribution in [0.25, 0.3) is 0 Å².